The zero-order chi connectivity index (χ0) is 16.1. The Morgan fingerprint density at radius 1 is 0.870 bits per heavy atom. The molecule has 0 N–H and O–H groups in total. The number of hydrogen-bond donors (Lipinski definition) is 0. The van der Waals surface area contributed by atoms with Crippen molar-refractivity contribution in [3.8, 4) is 0 Å². The van der Waals surface area contributed by atoms with Crippen LogP contribution in [0.25, 0.3) is 0 Å². The van der Waals surface area contributed by atoms with E-state index in [0.29, 0.717) is 19.6 Å². The standard InChI is InChI=1S/C17H16N2O4/c20-19(21)15-7-5-14(6-8-15)11-18(12-16-3-1-9-22-16)13-17-4-2-10-23-17/h1-10H,11-13H2. The van der Waals surface area contributed by atoms with Gasteiger partial charge in [0.25, 0.3) is 5.69 Å². The minimum absolute atomic E-state index is 0.0948. The van der Waals surface area contributed by atoms with E-state index in [1.807, 2.05) is 24.3 Å². The molecule has 0 unspecified atom stereocenters. The van der Waals surface area contributed by atoms with Crippen molar-refractivity contribution >= 4 is 5.69 Å². The summed E-state index contributed by atoms with van der Waals surface area (Å²) in [4.78, 5) is 12.5. The van der Waals surface area contributed by atoms with Crippen LogP contribution in [0.2, 0.25) is 0 Å². The highest BCUT2D eigenvalue weighted by molar-refractivity contribution is 5.32. The van der Waals surface area contributed by atoms with Crippen molar-refractivity contribution in [2.75, 3.05) is 0 Å². The molecule has 0 atom stereocenters. The fourth-order valence-electron chi connectivity index (χ4n) is 2.39. The second kappa shape index (κ2) is 6.93. The van der Waals surface area contributed by atoms with Crippen molar-refractivity contribution in [1.82, 2.24) is 4.90 Å². The molecule has 0 spiro atoms. The van der Waals surface area contributed by atoms with Gasteiger partial charge in [0, 0.05) is 18.7 Å². The van der Waals surface area contributed by atoms with E-state index in [9.17, 15) is 10.1 Å². The molecule has 6 heteroatoms. The molecule has 1 aromatic carbocycles. The third-order valence-electron chi connectivity index (χ3n) is 3.47. The molecule has 0 saturated heterocycles. The lowest BCUT2D eigenvalue weighted by Crippen LogP contribution is -2.21. The van der Waals surface area contributed by atoms with Gasteiger partial charge in [-0.05, 0) is 29.8 Å². The number of hydrogen-bond acceptors (Lipinski definition) is 5. The SMILES string of the molecule is O=[N+]([O-])c1ccc(CN(Cc2ccco2)Cc2ccco2)cc1. The fraction of sp³-hybridized carbons (Fsp3) is 0.176. The summed E-state index contributed by atoms with van der Waals surface area (Å²) in [6, 6.07) is 14.1. The number of nitrogens with zero attached hydrogens (tertiary/aromatic N) is 2. The number of nitro groups is 1. The Bertz CT molecular complexity index is 697. The average Bonchev–Trinajstić information content (AvgIpc) is 3.21. The first-order valence-corrected chi connectivity index (χ1v) is 7.21. The lowest BCUT2D eigenvalue weighted by molar-refractivity contribution is -0.384. The first kappa shape index (κ1) is 15.1. The normalized spacial score (nSPS) is 11.0. The maximum atomic E-state index is 10.7. The van der Waals surface area contributed by atoms with Crippen molar-refractivity contribution in [3.63, 3.8) is 0 Å². The van der Waals surface area contributed by atoms with Crippen LogP contribution in [-0.4, -0.2) is 9.82 Å². The van der Waals surface area contributed by atoms with Gasteiger partial charge in [-0.2, -0.15) is 0 Å². The molecule has 0 amide bonds. The van der Waals surface area contributed by atoms with Gasteiger partial charge < -0.3 is 8.83 Å². The van der Waals surface area contributed by atoms with Crippen LogP contribution in [0, 0.1) is 10.1 Å². The van der Waals surface area contributed by atoms with E-state index in [4.69, 9.17) is 8.83 Å². The Morgan fingerprint density at radius 3 is 1.87 bits per heavy atom. The highest BCUT2D eigenvalue weighted by Gasteiger charge is 2.12. The summed E-state index contributed by atoms with van der Waals surface area (Å²) in [7, 11) is 0. The van der Waals surface area contributed by atoms with Crippen molar-refractivity contribution in [1.29, 1.82) is 0 Å². The quantitative estimate of drug-likeness (QED) is 0.487. The van der Waals surface area contributed by atoms with Gasteiger partial charge >= 0.3 is 0 Å². The molecule has 2 heterocycles. The van der Waals surface area contributed by atoms with E-state index < -0.39 is 4.92 Å². The van der Waals surface area contributed by atoms with E-state index in [-0.39, 0.29) is 5.69 Å². The monoisotopic (exact) mass is 312 g/mol. The summed E-state index contributed by atoms with van der Waals surface area (Å²) < 4.78 is 10.8. The van der Waals surface area contributed by atoms with Gasteiger partial charge in [-0.15, -0.1) is 0 Å². The summed E-state index contributed by atoms with van der Waals surface area (Å²) in [5.74, 6) is 1.72. The molecule has 118 valence electrons. The Morgan fingerprint density at radius 2 is 1.43 bits per heavy atom. The van der Waals surface area contributed by atoms with Crippen LogP contribution >= 0.6 is 0 Å². The Hall–Kier alpha value is -2.86. The largest absolute Gasteiger partial charge is 0.468 e. The summed E-state index contributed by atoms with van der Waals surface area (Å²) >= 11 is 0. The van der Waals surface area contributed by atoms with Crippen LogP contribution in [-0.2, 0) is 19.6 Å². The predicted octanol–water partition coefficient (Wildman–Crippen LogP) is 3.98. The van der Waals surface area contributed by atoms with Crippen molar-refractivity contribution in [2.24, 2.45) is 0 Å². The van der Waals surface area contributed by atoms with Gasteiger partial charge in [-0.3, -0.25) is 15.0 Å². The fourth-order valence-corrected chi connectivity index (χ4v) is 2.39. The van der Waals surface area contributed by atoms with E-state index in [1.165, 1.54) is 12.1 Å². The molecule has 0 radical (unpaired) electrons. The molecule has 0 bridgehead atoms. The predicted molar refractivity (Wildman–Crippen MR) is 83.5 cm³/mol. The van der Waals surface area contributed by atoms with Crippen LogP contribution in [0.3, 0.4) is 0 Å². The maximum Gasteiger partial charge on any atom is 0.269 e. The lowest BCUT2D eigenvalue weighted by Gasteiger charge is -2.20. The van der Waals surface area contributed by atoms with Gasteiger partial charge in [0.15, 0.2) is 0 Å². The lowest BCUT2D eigenvalue weighted by atomic mass is 10.2. The number of rotatable bonds is 7. The summed E-state index contributed by atoms with van der Waals surface area (Å²) in [6.45, 7) is 1.90. The molecule has 0 saturated carbocycles. The van der Waals surface area contributed by atoms with Gasteiger partial charge in [0.2, 0.25) is 0 Å². The molecule has 0 aliphatic rings. The molecule has 23 heavy (non-hydrogen) atoms. The van der Waals surface area contributed by atoms with E-state index >= 15 is 0 Å². The van der Waals surface area contributed by atoms with Gasteiger partial charge in [-0.25, -0.2) is 0 Å². The summed E-state index contributed by atoms with van der Waals surface area (Å²) in [6.07, 6.45) is 3.29. The Labute approximate surface area is 133 Å². The van der Waals surface area contributed by atoms with Gasteiger partial charge in [0.1, 0.15) is 11.5 Å². The summed E-state index contributed by atoms with van der Waals surface area (Å²) in [5.41, 5.74) is 1.09. The third kappa shape index (κ3) is 4.08. The first-order chi connectivity index (χ1) is 11.2. The number of furan rings is 2. The van der Waals surface area contributed by atoms with Gasteiger partial charge in [-0.1, -0.05) is 12.1 Å². The van der Waals surface area contributed by atoms with Crippen LogP contribution in [0.1, 0.15) is 17.1 Å². The highest BCUT2D eigenvalue weighted by atomic mass is 16.6. The number of nitro benzene ring substituents is 1. The second-order valence-electron chi connectivity index (χ2n) is 5.23. The maximum absolute atomic E-state index is 10.7. The molecular formula is C17H16N2O4. The van der Waals surface area contributed by atoms with Gasteiger partial charge in [0.05, 0.1) is 30.5 Å². The molecule has 0 fully saturated rings. The number of non-ortho nitro benzene ring substituents is 1. The zero-order valence-electron chi connectivity index (χ0n) is 12.4. The molecule has 3 rings (SSSR count). The smallest absolute Gasteiger partial charge is 0.269 e. The van der Waals surface area contributed by atoms with Crippen LogP contribution < -0.4 is 0 Å². The third-order valence-corrected chi connectivity index (χ3v) is 3.47. The van der Waals surface area contributed by atoms with Crippen LogP contribution in [0.4, 0.5) is 5.69 Å². The first-order valence-electron chi connectivity index (χ1n) is 7.21. The molecule has 2 aromatic heterocycles. The average molecular weight is 312 g/mol. The van der Waals surface area contributed by atoms with E-state index in [0.717, 1.165) is 17.1 Å². The Kier molecular flexibility index (Phi) is 4.54. The molecular weight excluding hydrogens is 296 g/mol. The topological polar surface area (TPSA) is 72.7 Å². The minimum Gasteiger partial charge on any atom is -0.468 e. The summed E-state index contributed by atoms with van der Waals surface area (Å²) in [5, 5.41) is 10.7. The minimum atomic E-state index is -0.396. The Balaban J connectivity index is 1.73. The molecule has 3 aromatic rings. The zero-order valence-corrected chi connectivity index (χ0v) is 12.4. The number of benzene rings is 1. The highest BCUT2D eigenvalue weighted by Crippen LogP contribution is 2.17. The molecule has 0 aliphatic carbocycles. The van der Waals surface area contributed by atoms with Crippen LogP contribution in [0.5, 0.6) is 0 Å². The van der Waals surface area contributed by atoms with Crippen LogP contribution in [0.15, 0.2) is 69.9 Å². The van der Waals surface area contributed by atoms with Crippen molar-refractivity contribution < 1.29 is 13.8 Å². The van der Waals surface area contributed by atoms with Crippen molar-refractivity contribution in [3.05, 3.63) is 88.3 Å². The second-order valence-corrected chi connectivity index (χ2v) is 5.23. The molecule has 0 aliphatic heterocycles. The van der Waals surface area contributed by atoms with E-state index in [1.54, 1.807) is 24.7 Å². The molecule has 6 nitrogen and oxygen atoms in total. The van der Waals surface area contributed by atoms with E-state index in [2.05, 4.69) is 4.90 Å². The van der Waals surface area contributed by atoms with Crippen molar-refractivity contribution in [2.45, 2.75) is 19.6 Å².